The Morgan fingerprint density at radius 2 is 2.33 bits per heavy atom. The molecule has 1 aromatic heterocycles. The van der Waals surface area contributed by atoms with Crippen molar-refractivity contribution in [2.75, 3.05) is 19.4 Å². The normalized spacial score (nSPS) is 22.6. The first-order valence-corrected chi connectivity index (χ1v) is 7.08. The fourth-order valence-corrected chi connectivity index (χ4v) is 3.72. The largest absolute Gasteiger partial charge is 0.462 e. The van der Waals surface area contributed by atoms with Gasteiger partial charge in [-0.1, -0.05) is 0 Å². The van der Waals surface area contributed by atoms with E-state index in [1.165, 1.54) is 16.2 Å². The molecule has 1 aromatic rings. The Labute approximate surface area is 112 Å². The van der Waals surface area contributed by atoms with Crippen LogP contribution in [0.5, 0.6) is 0 Å². The van der Waals surface area contributed by atoms with E-state index in [1.807, 2.05) is 14.0 Å². The third-order valence-electron chi connectivity index (χ3n) is 3.68. The molecule has 1 atom stereocenters. The topological polar surface area (TPSA) is 64.3 Å². The van der Waals surface area contributed by atoms with Gasteiger partial charge in [0.25, 0.3) is 0 Å². The number of thiophene rings is 1. The number of nitrogens with two attached hydrogens (primary N) is 1. The minimum absolute atomic E-state index is 0.107. The van der Waals surface area contributed by atoms with Crippen LogP contribution in [0.2, 0.25) is 0 Å². The number of carbonyl (C=O) groups excluding carboxylic acids is 1. The lowest BCUT2D eigenvalue weighted by Gasteiger charge is -2.33. The van der Waals surface area contributed by atoms with Gasteiger partial charge in [0.05, 0.1) is 12.2 Å². The molecule has 0 fully saturated rings. The number of hydrogen-bond acceptors (Lipinski definition) is 5. The molecule has 100 valence electrons. The van der Waals surface area contributed by atoms with Crippen LogP contribution >= 0.6 is 11.3 Å². The molecular weight excluding hydrogens is 248 g/mol. The first-order valence-electron chi connectivity index (χ1n) is 6.27. The molecule has 3 N–H and O–H groups in total. The predicted octanol–water partition coefficient (Wildman–Crippen LogP) is 1.97. The van der Waals surface area contributed by atoms with Gasteiger partial charge in [0, 0.05) is 16.8 Å². The maximum atomic E-state index is 11.9. The van der Waals surface area contributed by atoms with E-state index in [2.05, 4.69) is 12.2 Å². The summed E-state index contributed by atoms with van der Waals surface area (Å²) in [6.45, 7) is 4.40. The second-order valence-corrected chi connectivity index (χ2v) is 6.09. The summed E-state index contributed by atoms with van der Waals surface area (Å²) in [7, 11) is 1.98. The summed E-state index contributed by atoms with van der Waals surface area (Å²) in [5, 5.41) is 3.95. The van der Waals surface area contributed by atoms with E-state index in [9.17, 15) is 4.79 Å². The summed E-state index contributed by atoms with van der Waals surface area (Å²) in [6, 6.07) is 0. The Kier molecular flexibility index (Phi) is 3.64. The smallest absolute Gasteiger partial charge is 0.341 e. The standard InChI is InChI=1S/C13H20N2O2S/c1-4-17-12(16)10-8-5-6-13(2,15-3)7-9(8)18-11(10)14/h15H,4-7,14H2,1-3H3. The van der Waals surface area contributed by atoms with Gasteiger partial charge < -0.3 is 15.8 Å². The van der Waals surface area contributed by atoms with Crippen molar-refractivity contribution in [3.05, 3.63) is 16.0 Å². The molecule has 1 aliphatic rings. The van der Waals surface area contributed by atoms with Crippen molar-refractivity contribution in [2.45, 2.75) is 38.6 Å². The number of rotatable bonds is 3. The molecule has 0 aliphatic heterocycles. The number of carbonyl (C=O) groups is 1. The Morgan fingerprint density at radius 3 is 2.94 bits per heavy atom. The van der Waals surface area contributed by atoms with Crippen molar-refractivity contribution in [3.8, 4) is 0 Å². The van der Waals surface area contributed by atoms with Crippen LogP contribution in [0.1, 0.15) is 41.1 Å². The highest BCUT2D eigenvalue weighted by atomic mass is 32.1. The van der Waals surface area contributed by atoms with Crippen LogP contribution in [0.25, 0.3) is 0 Å². The minimum Gasteiger partial charge on any atom is -0.462 e. The average molecular weight is 268 g/mol. The van der Waals surface area contributed by atoms with Crippen molar-refractivity contribution < 1.29 is 9.53 Å². The van der Waals surface area contributed by atoms with Gasteiger partial charge in [-0.05, 0) is 39.3 Å². The summed E-state index contributed by atoms with van der Waals surface area (Å²) < 4.78 is 5.08. The second-order valence-electron chi connectivity index (χ2n) is 4.95. The van der Waals surface area contributed by atoms with Crippen molar-refractivity contribution in [3.63, 3.8) is 0 Å². The van der Waals surface area contributed by atoms with Gasteiger partial charge >= 0.3 is 5.97 Å². The lowest BCUT2D eigenvalue weighted by atomic mass is 9.82. The van der Waals surface area contributed by atoms with Gasteiger partial charge in [0.15, 0.2) is 0 Å². The Hall–Kier alpha value is -1.07. The number of nitrogen functional groups attached to an aromatic ring is 1. The molecule has 0 saturated heterocycles. The number of fused-ring (bicyclic) bond motifs is 1. The maximum Gasteiger partial charge on any atom is 0.341 e. The molecule has 0 saturated carbocycles. The van der Waals surface area contributed by atoms with Gasteiger partial charge in [-0.2, -0.15) is 0 Å². The second kappa shape index (κ2) is 4.90. The highest BCUT2D eigenvalue weighted by molar-refractivity contribution is 7.16. The summed E-state index contributed by atoms with van der Waals surface area (Å²) in [6.07, 6.45) is 2.82. The Balaban J connectivity index is 2.34. The van der Waals surface area contributed by atoms with Crippen molar-refractivity contribution >= 4 is 22.3 Å². The van der Waals surface area contributed by atoms with Crippen LogP contribution < -0.4 is 11.1 Å². The van der Waals surface area contributed by atoms with Crippen LogP contribution in [0.4, 0.5) is 5.00 Å². The molecule has 2 rings (SSSR count). The van der Waals surface area contributed by atoms with Gasteiger partial charge in [0.2, 0.25) is 0 Å². The van der Waals surface area contributed by atoms with E-state index in [1.54, 1.807) is 0 Å². The van der Waals surface area contributed by atoms with Gasteiger partial charge in [0.1, 0.15) is 5.00 Å². The molecular formula is C13H20N2O2S. The Bertz CT molecular complexity index is 470. The molecule has 4 nitrogen and oxygen atoms in total. The van der Waals surface area contributed by atoms with Crippen LogP contribution in [0.15, 0.2) is 0 Å². The first-order chi connectivity index (χ1) is 8.50. The van der Waals surface area contributed by atoms with Crippen LogP contribution in [-0.4, -0.2) is 25.2 Å². The van der Waals surface area contributed by atoms with Crippen LogP contribution in [0.3, 0.4) is 0 Å². The molecule has 0 radical (unpaired) electrons. The molecule has 1 aliphatic carbocycles. The van der Waals surface area contributed by atoms with Gasteiger partial charge in [-0.25, -0.2) is 4.79 Å². The van der Waals surface area contributed by atoms with Crippen LogP contribution in [-0.2, 0) is 17.6 Å². The highest BCUT2D eigenvalue weighted by Crippen LogP contribution is 2.39. The lowest BCUT2D eigenvalue weighted by Crippen LogP contribution is -2.44. The minimum atomic E-state index is -0.277. The number of likely N-dealkylation sites (N-methyl/N-ethyl adjacent to an activating group) is 1. The van der Waals surface area contributed by atoms with E-state index in [4.69, 9.17) is 10.5 Å². The van der Waals surface area contributed by atoms with Crippen molar-refractivity contribution in [2.24, 2.45) is 0 Å². The first kappa shape index (κ1) is 13.4. The molecule has 0 amide bonds. The van der Waals surface area contributed by atoms with E-state index in [-0.39, 0.29) is 11.5 Å². The summed E-state index contributed by atoms with van der Waals surface area (Å²) >= 11 is 1.53. The zero-order chi connectivity index (χ0) is 13.3. The lowest BCUT2D eigenvalue weighted by molar-refractivity contribution is 0.0526. The van der Waals surface area contributed by atoms with E-state index >= 15 is 0 Å². The average Bonchev–Trinajstić information content (AvgIpc) is 2.64. The number of anilines is 1. The molecule has 5 heteroatoms. The number of hydrogen-bond donors (Lipinski definition) is 2. The summed E-state index contributed by atoms with van der Waals surface area (Å²) in [4.78, 5) is 13.1. The van der Waals surface area contributed by atoms with Crippen molar-refractivity contribution in [1.29, 1.82) is 0 Å². The quantitative estimate of drug-likeness (QED) is 0.823. The predicted molar refractivity (Wildman–Crippen MR) is 74.2 cm³/mol. The summed E-state index contributed by atoms with van der Waals surface area (Å²) in [5.74, 6) is -0.277. The monoisotopic (exact) mass is 268 g/mol. The fourth-order valence-electron chi connectivity index (χ4n) is 2.42. The van der Waals surface area contributed by atoms with E-state index in [0.29, 0.717) is 17.2 Å². The van der Waals surface area contributed by atoms with E-state index in [0.717, 1.165) is 24.8 Å². The Morgan fingerprint density at radius 1 is 1.61 bits per heavy atom. The van der Waals surface area contributed by atoms with Gasteiger partial charge in [-0.3, -0.25) is 0 Å². The fraction of sp³-hybridized carbons (Fsp3) is 0.615. The molecule has 1 unspecified atom stereocenters. The maximum absolute atomic E-state index is 11.9. The summed E-state index contributed by atoms with van der Waals surface area (Å²) in [5.41, 5.74) is 7.79. The van der Waals surface area contributed by atoms with E-state index < -0.39 is 0 Å². The molecule has 0 aromatic carbocycles. The molecule has 0 bridgehead atoms. The zero-order valence-corrected chi connectivity index (χ0v) is 11.9. The number of nitrogens with one attached hydrogen (secondary N) is 1. The van der Waals surface area contributed by atoms with Crippen molar-refractivity contribution in [1.82, 2.24) is 5.32 Å². The molecule has 0 spiro atoms. The third kappa shape index (κ3) is 2.24. The van der Waals surface area contributed by atoms with Gasteiger partial charge in [-0.15, -0.1) is 11.3 Å². The highest BCUT2D eigenvalue weighted by Gasteiger charge is 2.33. The van der Waals surface area contributed by atoms with Crippen LogP contribution in [0, 0.1) is 0 Å². The SMILES string of the molecule is CCOC(=O)c1c(N)sc2c1CCC(C)(NC)C2. The zero-order valence-electron chi connectivity index (χ0n) is 11.1. The molecule has 18 heavy (non-hydrogen) atoms. The third-order valence-corrected chi connectivity index (χ3v) is 4.74. The number of ether oxygens (including phenoxy) is 1. The molecule has 1 heterocycles. The number of esters is 1.